The number of amides is 1. The number of hydrogen-bond acceptors (Lipinski definition) is 2. The van der Waals surface area contributed by atoms with E-state index in [4.69, 9.17) is 5.11 Å². The van der Waals surface area contributed by atoms with E-state index in [-0.39, 0.29) is 12.3 Å². The first-order valence-electron chi connectivity index (χ1n) is 7.35. The molecule has 120 valence electrons. The highest BCUT2D eigenvalue weighted by molar-refractivity contribution is 6.30. The monoisotopic (exact) mass is 312 g/mol. The molecule has 1 aromatic carbocycles. The summed E-state index contributed by atoms with van der Waals surface area (Å²) in [6.45, 7) is 7.61. The van der Waals surface area contributed by atoms with Crippen LogP contribution in [0, 0.1) is 13.8 Å². The largest absolute Gasteiger partial charge is 0.481 e. The lowest BCUT2D eigenvalue weighted by molar-refractivity contribution is -0.137. The van der Waals surface area contributed by atoms with Crippen LogP contribution in [0.2, 0.25) is 0 Å². The van der Waals surface area contributed by atoms with Crippen LogP contribution in [0.5, 0.6) is 0 Å². The second-order valence-corrected chi connectivity index (χ2v) is 5.45. The number of carboxylic acid groups (broad SMARTS) is 1. The SMILES string of the molecule is C=C1C(=O)Nc2ccccc21.Cc1c[nH]c(C)c1CCC(=O)O. The molecule has 2 aromatic rings. The standard InChI is InChI=1S/C9H13NO2.C9H7NO/c1-6-5-10-7(2)8(6)3-4-9(11)12;1-6-7-4-2-3-5-8(7)10-9(6)11/h5,10H,3-4H2,1-2H3,(H,11,12);2-5H,1H2,(H,10,11). The molecule has 23 heavy (non-hydrogen) atoms. The van der Waals surface area contributed by atoms with Gasteiger partial charge in [-0.05, 0) is 37.5 Å². The van der Waals surface area contributed by atoms with Crippen molar-refractivity contribution in [3.63, 3.8) is 0 Å². The smallest absolute Gasteiger partial charge is 0.303 e. The van der Waals surface area contributed by atoms with Gasteiger partial charge < -0.3 is 15.4 Å². The van der Waals surface area contributed by atoms with Crippen LogP contribution >= 0.6 is 0 Å². The van der Waals surface area contributed by atoms with Gasteiger partial charge >= 0.3 is 5.97 Å². The number of para-hydroxylation sites is 1. The number of benzene rings is 1. The Bertz CT molecular complexity index is 740. The fourth-order valence-electron chi connectivity index (χ4n) is 2.48. The normalized spacial score (nSPS) is 12.3. The van der Waals surface area contributed by atoms with Crippen LogP contribution in [-0.4, -0.2) is 22.0 Å². The lowest BCUT2D eigenvalue weighted by Crippen LogP contribution is -2.02. The first kappa shape index (κ1) is 16.5. The van der Waals surface area contributed by atoms with E-state index in [1.165, 1.54) is 0 Å². The average Bonchev–Trinajstić information content (AvgIpc) is 2.98. The number of fused-ring (bicyclic) bond motifs is 1. The van der Waals surface area contributed by atoms with Crippen molar-refractivity contribution in [1.29, 1.82) is 0 Å². The van der Waals surface area contributed by atoms with Crippen molar-refractivity contribution in [2.45, 2.75) is 26.7 Å². The van der Waals surface area contributed by atoms with Gasteiger partial charge in [-0.15, -0.1) is 0 Å². The van der Waals surface area contributed by atoms with Gasteiger partial charge in [-0.25, -0.2) is 0 Å². The molecule has 0 unspecified atom stereocenters. The summed E-state index contributed by atoms with van der Waals surface area (Å²) in [4.78, 5) is 24.4. The number of aliphatic carboxylic acids is 1. The van der Waals surface area contributed by atoms with Crippen LogP contribution < -0.4 is 5.32 Å². The summed E-state index contributed by atoms with van der Waals surface area (Å²) >= 11 is 0. The molecule has 0 fully saturated rings. The molecule has 2 heterocycles. The first-order chi connectivity index (χ1) is 10.9. The number of nitrogens with one attached hydrogen (secondary N) is 2. The highest BCUT2D eigenvalue weighted by Crippen LogP contribution is 2.29. The van der Waals surface area contributed by atoms with E-state index in [1.807, 2.05) is 44.3 Å². The number of carbonyl (C=O) groups is 2. The molecule has 1 aliphatic heterocycles. The predicted octanol–water partition coefficient (Wildman–Crippen LogP) is 3.30. The van der Waals surface area contributed by atoms with Gasteiger partial charge in [-0.1, -0.05) is 24.8 Å². The Morgan fingerprint density at radius 1 is 1.26 bits per heavy atom. The molecular formula is C18H20N2O3. The summed E-state index contributed by atoms with van der Waals surface area (Å²) in [6, 6.07) is 7.53. The van der Waals surface area contributed by atoms with Gasteiger partial charge in [0.1, 0.15) is 0 Å². The van der Waals surface area contributed by atoms with Crippen LogP contribution in [0.3, 0.4) is 0 Å². The van der Waals surface area contributed by atoms with Crippen molar-refractivity contribution >= 4 is 23.1 Å². The first-order valence-corrected chi connectivity index (χ1v) is 7.35. The highest BCUT2D eigenvalue weighted by Gasteiger charge is 2.20. The summed E-state index contributed by atoms with van der Waals surface area (Å²) in [6.07, 6.45) is 2.74. The molecule has 5 nitrogen and oxygen atoms in total. The summed E-state index contributed by atoms with van der Waals surface area (Å²) in [5, 5.41) is 11.2. The number of rotatable bonds is 3. The second kappa shape index (κ2) is 6.96. The molecule has 0 aliphatic carbocycles. The number of H-pyrrole nitrogens is 1. The summed E-state index contributed by atoms with van der Waals surface area (Å²) in [7, 11) is 0. The van der Waals surface area contributed by atoms with Gasteiger partial charge in [0.25, 0.3) is 5.91 Å². The van der Waals surface area contributed by atoms with Gasteiger partial charge in [-0.2, -0.15) is 0 Å². The number of hydrogen-bond donors (Lipinski definition) is 3. The summed E-state index contributed by atoms with van der Waals surface area (Å²) in [5.41, 5.74) is 5.69. The number of aryl methyl sites for hydroxylation is 2. The third-order valence-corrected chi connectivity index (χ3v) is 3.80. The van der Waals surface area contributed by atoms with Crippen molar-refractivity contribution in [2.24, 2.45) is 0 Å². The molecule has 3 rings (SSSR count). The lowest BCUT2D eigenvalue weighted by atomic mass is 10.1. The second-order valence-electron chi connectivity index (χ2n) is 5.45. The molecule has 5 heteroatoms. The van der Waals surface area contributed by atoms with Gasteiger partial charge in [0.15, 0.2) is 0 Å². The number of carbonyl (C=O) groups excluding carboxylic acids is 1. The van der Waals surface area contributed by atoms with Crippen molar-refractivity contribution in [3.05, 3.63) is 59.4 Å². The van der Waals surface area contributed by atoms with Gasteiger partial charge in [0.05, 0.1) is 0 Å². The van der Waals surface area contributed by atoms with Gasteiger partial charge in [0.2, 0.25) is 0 Å². The predicted molar refractivity (Wildman–Crippen MR) is 90.3 cm³/mol. The topological polar surface area (TPSA) is 82.2 Å². The summed E-state index contributed by atoms with van der Waals surface area (Å²) < 4.78 is 0. The van der Waals surface area contributed by atoms with E-state index in [9.17, 15) is 9.59 Å². The number of anilines is 1. The van der Waals surface area contributed by atoms with Gasteiger partial charge in [0, 0.05) is 35.1 Å². The maximum absolute atomic E-state index is 11.0. The van der Waals surface area contributed by atoms with E-state index in [1.54, 1.807) is 0 Å². The van der Waals surface area contributed by atoms with Crippen molar-refractivity contribution < 1.29 is 14.7 Å². The third-order valence-electron chi connectivity index (χ3n) is 3.80. The molecule has 0 radical (unpaired) electrons. The van der Waals surface area contributed by atoms with E-state index in [0.717, 1.165) is 28.1 Å². The molecule has 0 atom stereocenters. The minimum atomic E-state index is -0.741. The molecule has 0 saturated carbocycles. The number of aromatic amines is 1. The van der Waals surface area contributed by atoms with Crippen LogP contribution in [0.4, 0.5) is 5.69 Å². The molecule has 0 bridgehead atoms. The Morgan fingerprint density at radius 2 is 1.96 bits per heavy atom. The fourth-order valence-corrected chi connectivity index (χ4v) is 2.48. The minimum Gasteiger partial charge on any atom is -0.481 e. The lowest BCUT2D eigenvalue weighted by Gasteiger charge is -1.98. The van der Waals surface area contributed by atoms with Crippen LogP contribution in [0.25, 0.3) is 5.57 Å². The zero-order valence-electron chi connectivity index (χ0n) is 13.3. The molecule has 1 amide bonds. The van der Waals surface area contributed by atoms with Crippen LogP contribution in [0.15, 0.2) is 37.0 Å². The Kier molecular flexibility index (Phi) is 5.01. The molecule has 0 saturated heterocycles. The Labute approximate surface area is 135 Å². The average molecular weight is 312 g/mol. The minimum absolute atomic E-state index is 0.0915. The Hall–Kier alpha value is -2.82. The Morgan fingerprint density at radius 3 is 2.52 bits per heavy atom. The van der Waals surface area contributed by atoms with Crippen molar-refractivity contribution in [2.75, 3.05) is 5.32 Å². The molecule has 1 aliphatic rings. The maximum atomic E-state index is 11.0. The maximum Gasteiger partial charge on any atom is 0.303 e. The molecule has 3 N–H and O–H groups in total. The fraction of sp³-hybridized carbons (Fsp3) is 0.222. The van der Waals surface area contributed by atoms with Gasteiger partial charge in [-0.3, -0.25) is 9.59 Å². The third kappa shape index (κ3) is 3.88. The number of aromatic nitrogens is 1. The summed E-state index contributed by atoms with van der Waals surface area (Å²) in [5.74, 6) is -0.832. The highest BCUT2D eigenvalue weighted by atomic mass is 16.4. The van der Waals surface area contributed by atoms with Crippen molar-refractivity contribution in [3.8, 4) is 0 Å². The molecular weight excluding hydrogens is 292 g/mol. The van der Waals surface area contributed by atoms with Crippen LogP contribution in [0.1, 0.15) is 28.8 Å². The molecule has 1 aromatic heterocycles. The Balaban J connectivity index is 0.000000167. The van der Waals surface area contributed by atoms with E-state index in [2.05, 4.69) is 16.9 Å². The van der Waals surface area contributed by atoms with E-state index < -0.39 is 5.97 Å². The zero-order chi connectivity index (χ0) is 17.0. The van der Waals surface area contributed by atoms with Crippen molar-refractivity contribution in [1.82, 2.24) is 4.98 Å². The number of carboxylic acids is 1. The zero-order valence-corrected chi connectivity index (χ0v) is 13.3. The van der Waals surface area contributed by atoms with E-state index in [0.29, 0.717) is 12.0 Å². The van der Waals surface area contributed by atoms with Crippen LogP contribution in [-0.2, 0) is 16.0 Å². The quantitative estimate of drug-likeness (QED) is 0.760. The van der Waals surface area contributed by atoms with E-state index >= 15 is 0 Å². The molecule has 0 spiro atoms.